The van der Waals surface area contributed by atoms with Crippen LogP contribution in [0.5, 0.6) is 0 Å². The number of carbonyl (C=O) groups is 1. The number of carbonyl (C=O) groups excluding carboxylic acids is 1. The summed E-state index contributed by atoms with van der Waals surface area (Å²) < 4.78 is 0. The molecule has 4 rings (SSSR count). The minimum absolute atomic E-state index is 0.298. The summed E-state index contributed by atoms with van der Waals surface area (Å²) in [5.41, 5.74) is 2.41. The van der Waals surface area contributed by atoms with E-state index in [0.717, 1.165) is 56.7 Å². The topological polar surface area (TPSA) is 55.5 Å². The van der Waals surface area contributed by atoms with Gasteiger partial charge < -0.3 is 4.90 Å². The number of H-pyrrole nitrogens is 1. The number of benzene rings is 1. The second kappa shape index (κ2) is 6.91. The van der Waals surface area contributed by atoms with E-state index in [9.17, 15) is 4.79 Å². The van der Waals surface area contributed by atoms with Crippen molar-refractivity contribution in [3.63, 3.8) is 0 Å². The van der Waals surface area contributed by atoms with Crippen LogP contribution in [0.2, 0.25) is 0 Å². The number of nitrogens with zero attached hydrogens (tertiary/aromatic N) is 4. The van der Waals surface area contributed by atoms with Crippen molar-refractivity contribution in [3.8, 4) is 0 Å². The molecule has 6 heteroatoms. The first kappa shape index (κ1) is 15.6. The van der Waals surface area contributed by atoms with Crippen LogP contribution in [-0.2, 0) is 11.3 Å². The number of para-hydroxylation sites is 1. The number of fused-ring (bicyclic) bond motifs is 1. The number of amides is 1. The van der Waals surface area contributed by atoms with Crippen LogP contribution in [-0.4, -0.2) is 76.6 Å². The normalized spacial score (nSPS) is 20.1. The molecule has 6 nitrogen and oxygen atoms in total. The average Bonchev–Trinajstić information content (AvgIpc) is 3.27. The quantitative estimate of drug-likeness (QED) is 0.920. The Morgan fingerprint density at radius 3 is 2.62 bits per heavy atom. The fraction of sp³-hybridized carbons (Fsp3) is 0.556. The molecule has 2 saturated heterocycles. The lowest BCUT2D eigenvalue weighted by molar-refractivity contribution is -0.134. The van der Waals surface area contributed by atoms with Gasteiger partial charge in [-0.2, -0.15) is 5.10 Å². The molecule has 1 amide bonds. The van der Waals surface area contributed by atoms with Crippen molar-refractivity contribution in [2.45, 2.75) is 19.4 Å². The Morgan fingerprint density at radius 1 is 1.04 bits per heavy atom. The highest BCUT2D eigenvalue weighted by molar-refractivity contribution is 5.81. The van der Waals surface area contributed by atoms with Gasteiger partial charge in [-0.1, -0.05) is 18.2 Å². The first-order chi connectivity index (χ1) is 11.8. The zero-order valence-electron chi connectivity index (χ0n) is 14.1. The number of likely N-dealkylation sites (tertiary alicyclic amines) is 1. The van der Waals surface area contributed by atoms with Crippen LogP contribution >= 0.6 is 0 Å². The van der Waals surface area contributed by atoms with E-state index < -0.39 is 0 Å². The van der Waals surface area contributed by atoms with Gasteiger partial charge in [0.25, 0.3) is 0 Å². The van der Waals surface area contributed by atoms with Crippen molar-refractivity contribution in [1.82, 2.24) is 24.9 Å². The first-order valence-corrected chi connectivity index (χ1v) is 8.93. The second-order valence-corrected chi connectivity index (χ2v) is 6.89. The maximum atomic E-state index is 12.4. The van der Waals surface area contributed by atoms with Crippen LogP contribution in [0.1, 0.15) is 18.4 Å². The van der Waals surface area contributed by atoms with Crippen molar-refractivity contribution in [3.05, 3.63) is 30.0 Å². The van der Waals surface area contributed by atoms with Crippen LogP contribution in [0.3, 0.4) is 0 Å². The Morgan fingerprint density at radius 2 is 1.83 bits per heavy atom. The number of hydrogen-bond acceptors (Lipinski definition) is 4. The van der Waals surface area contributed by atoms with Crippen molar-refractivity contribution in [2.24, 2.45) is 0 Å². The molecule has 1 N–H and O–H groups in total. The number of piperazine rings is 1. The highest BCUT2D eigenvalue weighted by Gasteiger charge is 2.24. The minimum atomic E-state index is 0.298. The Kier molecular flexibility index (Phi) is 4.49. The number of hydrogen-bond donors (Lipinski definition) is 1. The molecule has 0 aliphatic carbocycles. The van der Waals surface area contributed by atoms with Crippen LogP contribution in [0, 0.1) is 0 Å². The molecule has 24 heavy (non-hydrogen) atoms. The lowest BCUT2D eigenvalue weighted by atomic mass is 10.1. The maximum absolute atomic E-state index is 12.4. The highest BCUT2D eigenvalue weighted by Crippen LogP contribution is 2.18. The highest BCUT2D eigenvalue weighted by atomic mass is 16.2. The van der Waals surface area contributed by atoms with Crippen molar-refractivity contribution >= 4 is 16.8 Å². The standard InChI is InChI=1S/C18H25N5O/c24-17(14-21-6-1-2-7-21)23-10-8-22(9-11-23)13-16-5-3-4-15-12-19-20-18(15)16/h3-5,12H,1-2,6-11,13-14H2,(H,19,20). The summed E-state index contributed by atoms with van der Waals surface area (Å²) in [6.45, 7) is 7.24. The smallest absolute Gasteiger partial charge is 0.236 e. The summed E-state index contributed by atoms with van der Waals surface area (Å²) in [7, 11) is 0. The Labute approximate surface area is 142 Å². The van der Waals surface area contributed by atoms with E-state index in [4.69, 9.17) is 0 Å². The van der Waals surface area contributed by atoms with E-state index in [1.807, 2.05) is 11.1 Å². The lowest BCUT2D eigenvalue weighted by Gasteiger charge is -2.35. The van der Waals surface area contributed by atoms with Gasteiger partial charge in [0.2, 0.25) is 5.91 Å². The summed E-state index contributed by atoms with van der Waals surface area (Å²) in [5, 5.41) is 8.40. The second-order valence-electron chi connectivity index (χ2n) is 6.89. The van der Waals surface area contributed by atoms with Gasteiger partial charge >= 0.3 is 0 Å². The fourth-order valence-electron chi connectivity index (χ4n) is 3.79. The van der Waals surface area contributed by atoms with Gasteiger partial charge in [-0.15, -0.1) is 0 Å². The van der Waals surface area contributed by atoms with Gasteiger partial charge in [-0.3, -0.25) is 19.7 Å². The largest absolute Gasteiger partial charge is 0.339 e. The first-order valence-electron chi connectivity index (χ1n) is 8.93. The number of aromatic amines is 1. The molecule has 1 aromatic carbocycles. The summed E-state index contributed by atoms with van der Waals surface area (Å²) in [5.74, 6) is 0.298. The van der Waals surface area contributed by atoms with Gasteiger partial charge in [-0.25, -0.2) is 0 Å². The third-order valence-electron chi connectivity index (χ3n) is 5.24. The molecule has 0 saturated carbocycles. The van der Waals surface area contributed by atoms with Gasteiger partial charge in [-0.05, 0) is 31.5 Å². The summed E-state index contributed by atoms with van der Waals surface area (Å²) in [4.78, 5) is 19.2. The van der Waals surface area contributed by atoms with Gasteiger partial charge in [0.05, 0.1) is 18.3 Å². The van der Waals surface area contributed by atoms with Crippen LogP contribution in [0.25, 0.3) is 10.9 Å². The molecule has 0 spiro atoms. The van der Waals surface area contributed by atoms with E-state index in [0.29, 0.717) is 12.5 Å². The maximum Gasteiger partial charge on any atom is 0.236 e. The predicted octanol–water partition coefficient (Wildman–Crippen LogP) is 1.30. The third kappa shape index (κ3) is 3.30. The van der Waals surface area contributed by atoms with E-state index in [1.165, 1.54) is 18.4 Å². The molecule has 0 atom stereocenters. The van der Waals surface area contributed by atoms with Gasteiger partial charge in [0.15, 0.2) is 0 Å². The zero-order valence-corrected chi connectivity index (χ0v) is 14.1. The monoisotopic (exact) mass is 327 g/mol. The molecule has 0 bridgehead atoms. The van der Waals surface area contributed by atoms with Crippen molar-refractivity contribution < 1.29 is 4.79 Å². The lowest BCUT2D eigenvalue weighted by Crippen LogP contribution is -2.50. The van der Waals surface area contributed by atoms with Gasteiger partial charge in [0.1, 0.15) is 0 Å². The van der Waals surface area contributed by atoms with Crippen molar-refractivity contribution in [1.29, 1.82) is 0 Å². The molecular formula is C18H25N5O. The Balaban J connectivity index is 1.31. The molecule has 128 valence electrons. The molecule has 0 radical (unpaired) electrons. The van der Waals surface area contributed by atoms with Crippen molar-refractivity contribution in [2.75, 3.05) is 45.8 Å². The Hall–Kier alpha value is -1.92. The summed E-state index contributed by atoms with van der Waals surface area (Å²) in [6, 6.07) is 6.33. The molecule has 0 unspecified atom stereocenters. The number of aromatic nitrogens is 2. The molecule has 1 aromatic heterocycles. The van der Waals surface area contributed by atoms with E-state index in [2.05, 4.69) is 38.2 Å². The van der Waals surface area contributed by atoms with E-state index in [1.54, 1.807) is 0 Å². The van der Waals surface area contributed by atoms with E-state index >= 15 is 0 Å². The van der Waals surface area contributed by atoms with E-state index in [-0.39, 0.29) is 0 Å². The molecule has 2 aliphatic rings. The fourth-order valence-corrected chi connectivity index (χ4v) is 3.79. The Bertz CT molecular complexity index is 698. The number of rotatable bonds is 4. The molecule has 2 fully saturated rings. The number of nitrogens with one attached hydrogen (secondary N) is 1. The summed E-state index contributed by atoms with van der Waals surface area (Å²) in [6.07, 6.45) is 4.34. The van der Waals surface area contributed by atoms with Gasteiger partial charge in [0, 0.05) is 38.1 Å². The molecule has 3 heterocycles. The van der Waals surface area contributed by atoms with Crippen LogP contribution in [0.4, 0.5) is 0 Å². The minimum Gasteiger partial charge on any atom is -0.339 e. The SMILES string of the molecule is O=C(CN1CCCC1)N1CCN(Cc2cccc3cn[nH]c23)CC1. The zero-order chi connectivity index (χ0) is 16.4. The third-order valence-corrected chi connectivity index (χ3v) is 5.24. The average molecular weight is 327 g/mol. The van der Waals surface area contributed by atoms with Crippen LogP contribution in [0.15, 0.2) is 24.4 Å². The predicted molar refractivity (Wildman–Crippen MR) is 93.6 cm³/mol. The molecular weight excluding hydrogens is 302 g/mol. The molecule has 2 aliphatic heterocycles. The molecule has 2 aromatic rings. The van der Waals surface area contributed by atoms with Crippen LogP contribution < -0.4 is 0 Å². The summed E-state index contributed by atoms with van der Waals surface area (Å²) >= 11 is 0.